The SMILES string of the molecule is COc1ccc(Cc2cc(C)ccc2Cl)cc1. The van der Waals surface area contributed by atoms with Gasteiger partial charge in [-0.3, -0.25) is 0 Å². The average Bonchev–Trinajstić information content (AvgIpc) is 2.35. The van der Waals surface area contributed by atoms with E-state index in [4.69, 9.17) is 16.3 Å². The smallest absolute Gasteiger partial charge is 0.118 e. The van der Waals surface area contributed by atoms with Crippen LogP contribution < -0.4 is 4.74 Å². The van der Waals surface area contributed by atoms with Crippen molar-refractivity contribution in [2.45, 2.75) is 13.3 Å². The van der Waals surface area contributed by atoms with Crippen molar-refractivity contribution in [3.63, 3.8) is 0 Å². The molecule has 2 heteroatoms. The van der Waals surface area contributed by atoms with E-state index >= 15 is 0 Å². The summed E-state index contributed by atoms with van der Waals surface area (Å²) in [5.41, 5.74) is 3.63. The van der Waals surface area contributed by atoms with Crippen LogP contribution in [0.3, 0.4) is 0 Å². The van der Waals surface area contributed by atoms with Crippen LogP contribution in [-0.4, -0.2) is 7.11 Å². The maximum atomic E-state index is 6.18. The third-order valence-corrected chi connectivity index (χ3v) is 3.12. The van der Waals surface area contributed by atoms with Gasteiger partial charge in [-0.25, -0.2) is 0 Å². The summed E-state index contributed by atoms with van der Waals surface area (Å²) in [5.74, 6) is 0.879. The van der Waals surface area contributed by atoms with Crippen molar-refractivity contribution >= 4 is 11.6 Å². The zero-order chi connectivity index (χ0) is 12.3. The molecular weight excluding hydrogens is 232 g/mol. The van der Waals surface area contributed by atoms with Gasteiger partial charge in [-0.1, -0.05) is 41.4 Å². The van der Waals surface area contributed by atoms with Gasteiger partial charge in [-0.15, -0.1) is 0 Å². The van der Waals surface area contributed by atoms with Crippen LogP contribution in [0, 0.1) is 6.92 Å². The van der Waals surface area contributed by atoms with E-state index in [1.54, 1.807) is 7.11 Å². The van der Waals surface area contributed by atoms with Gasteiger partial charge in [-0.05, 0) is 42.7 Å². The molecule has 0 saturated carbocycles. The van der Waals surface area contributed by atoms with Gasteiger partial charge in [0, 0.05) is 5.02 Å². The van der Waals surface area contributed by atoms with Crippen LogP contribution in [0.25, 0.3) is 0 Å². The van der Waals surface area contributed by atoms with Crippen molar-refractivity contribution in [3.05, 3.63) is 64.2 Å². The molecule has 2 rings (SSSR count). The van der Waals surface area contributed by atoms with Crippen LogP contribution in [0.2, 0.25) is 5.02 Å². The topological polar surface area (TPSA) is 9.23 Å². The first-order valence-corrected chi connectivity index (χ1v) is 5.95. The predicted octanol–water partition coefficient (Wildman–Crippen LogP) is 4.25. The molecule has 0 fully saturated rings. The number of hydrogen-bond acceptors (Lipinski definition) is 1. The zero-order valence-corrected chi connectivity index (χ0v) is 10.8. The minimum atomic E-state index is 0.825. The lowest BCUT2D eigenvalue weighted by Crippen LogP contribution is -1.91. The number of halogens is 1. The Bertz CT molecular complexity index is 503. The van der Waals surface area contributed by atoms with E-state index in [1.165, 1.54) is 11.1 Å². The standard InChI is InChI=1S/C15H15ClO/c1-11-3-8-15(16)13(9-11)10-12-4-6-14(17-2)7-5-12/h3-9H,10H2,1-2H3. The zero-order valence-electron chi connectivity index (χ0n) is 10.0. The van der Waals surface area contributed by atoms with Crippen molar-refractivity contribution in [3.8, 4) is 5.75 Å². The van der Waals surface area contributed by atoms with Gasteiger partial charge < -0.3 is 4.74 Å². The molecule has 0 unspecified atom stereocenters. The Labute approximate surface area is 107 Å². The van der Waals surface area contributed by atoms with Crippen LogP contribution in [0.5, 0.6) is 5.75 Å². The van der Waals surface area contributed by atoms with Crippen LogP contribution in [0.15, 0.2) is 42.5 Å². The molecule has 0 aliphatic rings. The van der Waals surface area contributed by atoms with Gasteiger partial charge in [0.15, 0.2) is 0 Å². The molecule has 1 nitrogen and oxygen atoms in total. The second kappa shape index (κ2) is 5.24. The first kappa shape index (κ1) is 12.0. The molecule has 0 aromatic heterocycles. The average molecular weight is 247 g/mol. The lowest BCUT2D eigenvalue weighted by Gasteiger charge is -2.07. The Hall–Kier alpha value is -1.47. The molecule has 0 heterocycles. The normalized spacial score (nSPS) is 10.3. The van der Waals surface area contributed by atoms with Gasteiger partial charge >= 0.3 is 0 Å². The van der Waals surface area contributed by atoms with Gasteiger partial charge in [0.1, 0.15) is 5.75 Å². The lowest BCUT2D eigenvalue weighted by molar-refractivity contribution is 0.414. The molecule has 0 N–H and O–H groups in total. The molecule has 88 valence electrons. The Morgan fingerprint density at radius 3 is 2.41 bits per heavy atom. The summed E-state index contributed by atoms with van der Waals surface area (Å²) < 4.78 is 5.14. The summed E-state index contributed by atoms with van der Waals surface area (Å²) in [7, 11) is 1.67. The Balaban J connectivity index is 2.22. The van der Waals surface area contributed by atoms with Crippen molar-refractivity contribution in [1.29, 1.82) is 0 Å². The summed E-state index contributed by atoms with van der Waals surface area (Å²) in [5, 5.41) is 0.825. The third-order valence-electron chi connectivity index (χ3n) is 2.75. The van der Waals surface area contributed by atoms with Crippen molar-refractivity contribution in [2.24, 2.45) is 0 Å². The van der Waals surface area contributed by atoms with E-state index in [2.05, 4.69) is 25.1 Å². The van der Waals surface area contributed by atoms with Crippen LogP contribution in [0.4, 0.5) is 0 Å². The van der Waals surface area contributed by atoms with Crippen molar-refractivity contribution < 1.29 is 4.74 Å². The second-order valence-electron chi connectivity index (χ2n) is 4.12. The predicted molar refractivity (Wildman–Crippen MR) is 72.0 cm³/mol. The van der Waals surface area contributed by atoms with Gasteiger partial charge in [0.2, 0.25) is 0 Å². The van der Waals surface area contributed by atoms with Crippen LogP contribution in [-0.2, 0) is 6.42 Å². The molecule has 2 aromatic carbocycles. The largest absolute Gasteiger partial charge is 0.497 e. The summed E-state index contributed by atoms with van der Waals surface area (Å²) in [6.45, 7) is 2.08. The fourth-order valence-corrected chi connectivity index (χ4v) is 1.99. The fourth-order valence-electron chi connectivity index (χ4n) is 1.80. The lowest BCUT2D eigenvalue weighted by atomic mass is 10.0. The molecule has 0 spiro atoms. The van der Waals surface area contributed by atoms with E-state index in [0.717, 1.165) is 22.8 Å². The van der Waals surface area contributed by atoms with E-state index < -0.39 is 0 Å². The van der Waals surface area contributed by atoms with E-state index in [-0.39, 0.29) is 0 Å². The Kier molecular flexibility index (Phi) is 3.70. The molecule has 17 heavy (non-hydrogen) atoms. The molecule has 0 aliphatic carbocycles. The summed E-state index contributed by atoms with van der Waals surface area (Å²) in [6, 6.07) is 14.2. The van der Waals surface area contributed by atoms with E-state index in [9.17, 15) is 0 Å². The Morgan fingerprint density at radius 2 is 1.76 bits per heavy atom. The molecular formula is C15H15ClO. The summed E-state index contributed by atoms with van der Waals surface area (Å²) in [4.78, 5) is 0. The number of ether oxygens (including phenoxy) is 1. The molecule has 0 amide bonds. The highest BCUT2D eigenvalue weighted by atomic mass is 35.5. The first-order chi connectivity index (χ1) is 8.19. The number of hydrogen-bond donors (Lipinski definition) is 0. The van der Waals surface area contributed by atoms with Crippen LogP contribution in [0.1, 0.15) is 16.7 Å². The molecule has 0 aliphatic heterocycles. The van der Waals surface area contributed by atoms with E-state index in [1.807, 2.05) is 24.3 Å². The molecule has 2 aromatic rings. The number of benzene rings is 2. The van der Waals surface area contributed by atoms with E-state index in [0.29, 0.717) is 0 Å². The highest BCUT2D eigenvalue weighted by molar-refractivity contribution is 6.31. The molecule has 0 atom stereocenters. The van der Waals surface area contributed by atoms with Crippen molar-refractivity contribution in [2.75, 3.05) is 7.11 Å². The monoisotopic (exact) mass is 246 g/mol. The highest BCUT2D eigenvalue weighted by Crippen LogP contribution is 2.21. The number of methoxy groups -OCH3 is 1. The highest BCUT2D eigenvalue weighted by Gasteiger charge is 2.02. The molecule has 0 radical (unpaired) electrons. The maximum Gasteiger partial charge on any atom is 0.118 e. The van der Waals surface area contributed by atoms with Gasteiger partial charge in [0.05, 0.1) is 7.11 Å². The second-order valence-corrected chi connectivity index (χ2v) is 4.53. The third kappa shape index (κ3) is 3.01. The maximum absolute atomic E-state index is 6.18. The fraction of sp³-hybridized carbons (Fsp3) is 0.200. The molecule has 0 saturated heterocycles. The van der Waals surface area contributed by atoms with Gasteiger partial charge in [0.25, 0.3) is 0 Å². The van der Waals surface area contributed by atoms with Gasteiger partial charge in [-0.2, -0.15) is 0 Å². The minimum Gasteiger partial charge on any atom is -0.497 e. The first-order valence-electron chi connectivity index (χ1n) is 5.57. The summed E-state index contributed by atoms with van der Waals surface area (Å²) >= 11 is 6.18. The summed E-state index contributed by atoms with van der Waals surface area (Å²) in [6.07, 6.45) is 0.852. The number of rotatable bonds is 3. The van der Waals surface area contributed by atoms with Crippen LogP contribution >= 0.6 is 11.6 Å². The minimum absolute atomic E-state index is 0.825. The quantitative estimate of drug-likeness (QED) is 0.787. The number of aryl methyl sites for hydroxylation is 1. The molecule has 0 bridgehead atoms. The van der Waals surface area contributed by atoms with Crippen molar-refractivity contribution in [1.82, 2.24) is 0 Å². The Morgan fingerprint density at radius 1 is 1.06 bits per heavy atom.